The van der Waals surface area contributed by atoms with E-state index >= 15 is 4.39 Å². The molecule has 0 spiro atoms. The van der Waals surface area contributed by atoms with Crippen molar-refractivity contribution in [1.82, 2.24) is 4.90 Å². The first kappa shape index (κ1) is 28.5. The van der Waals surface area contributed by atoms with Gasteiger partial charge in [-0.05, 0) is 93.2 Å². The summed E-state index contributed by atoms with van der Waals surface area (Å²) in [6.07, 6.45) is 5.97. The van der Waals surface area contributed by atoms with Crippen LogP contribution in [0.15, 0.2) is 36.4 Å². The molecular weight excluding hydrogens is 483 g/mol. The molecular formula is C31H43FN2O4. The molecule has 38 heavy (non-hydrogen) atoms. The maximum Gasteiger partial charge on any atom is 0.225 e. The first-order chi connectivity index (χ1) is 18.3. The third-order valence-electron chi connectivity index (χ3n) is 8.44. The Bertz CT molecular complexity index is 1110. The lowest BCUT2D eigenvalue weighted by Gasteiger charge is -2.44. The summed E-state index contributed by atoms with van der Waals surface area (Å²) >= 11 is 0. The Morgan fingerprint density at radius 2 is 2.00 bits per heavy atom. The van der Waals surface area contributed by atoms with Crippen molar-refractivity contribution in [1.29, 1.82) is 0 Å². The van der Waals surface area contributed by atoms with Gasteiger partial charge in [0.25, 0.3) is 0 Å². The summed E-state index contributed by atoms with van der Waals surface area (Å²) in [6.45, 7) is 3.69. The van der Waals surface area contributed by atoms with E-state index in [1.165, 1.54) is 6.07 Å². The molecule has 1 amide bonds. The van der Waals surface area contributed by atoms with E-state index in [1.807, 2.05) is 36.1 Å². The molecule has 1 saturated heterocycles. The Labute approximate surface area is 226 Å². The number of hydrogen-bond donors (Lipinski definition) is 2. The van der Waals surface area contributed by atoms with E-state index < -0.39 is 5.60 Å². The topological polar surface area (TPSA) is 85.0 Å². The Morgan fingerprint density at radius 3 is 2.71 bits per heavy atom. The number of nitrogens with two attached hydrogens (primary N) is 1. The standard InChI is InChI=1S/C31H43FN2O4/c1-21-16-23(19-26(17-21)38-3)29-27(9-6-10-28(29)32)31(36,13-4-5-15-37-2)24-8-7-14-34(20-24)30(35)22-11-12-25(33)18-22/h6,9-10,16-17,19,22,24-25,36H,4-5,7-8,11-15,18,20,33H2,1-3H3/t22-,24-,25+,31?/m1/s1. The maximum absolute atomic E-state index is 15.6. The maximum atomic E-state index is 15.6. The van der Waals surface area contributed by atoms with Crippen molar-refractivity contribution in [2.45, 2.75) is 69.9 Å². The highest BCUT2D eigenvalue weighted by Crippen LogP contribution is 2.45. The van der Waals surface area contributed by atoms with Crippen molar-refractivity contribution >= 4 is 5.91 Å². The largest absolute Gasteiger partial charge is 0.497 e. The van der Waals surface area contributed by atoms with Crippen molar-refractivity contribution < 1.29 is 23.8 Å². The molecule has 1 heterocycles. The lowest BCUT2D eigenvalue weighted by molar-refractivity contribution is -0.140. The predicted octanol–water partition coefficient (Wildman–Crippen LogP) is 5.18. The van der Waals surface area contributed by atoms with Crippen LogP contribution in [0.2, 0.25) is 0 Å². The molecule has 4 rings (SSSR count). The van der Waals surface area contributed by atoms with E-state index in [4.69, 9.17) is 15.2 Å². The number of aliphatic hydroxyl groups is 1. The van der Waals surface area contributed by atoms with Crippen LogP contribution in [0.3, 0.4) is 0 Å². The summed E-state index contributed by atoms with van der Waals surface area (Å²) in [4.78, 5) is 15.3. The number of rotatable bonds is 10. The van der Waals surface area contributed by atoms with Crippen molar-refractivity contribution in [3.8, 4) is 16.9 Å². The second kappa shape index (κ2) is 12.6. The molecule has 2 fully saturated rings. The minimum atomic E-state index is -1.31. The number of unbranched alkanes of at least 4 members (excludes halogenated alkanes) is 1. The van der Waals surface area contributed by atoms with E-state index in [1.54, 1.807) is 20.3 Å². The van der Waals surface area contributed by atoms with Crippen LogP contribution < -0.4 is 10.5 Å². The van der Waals surface area contributed by atoms with Gasteiger partial charge in [-0.2, -0.15) is 0 Å². The number of hydrogen-bond acceptors (Lipinski definition) is 5. The zero-order chi connectivity index (χ0) is 27.3. The van der Waals surface area contributed by atoms with Gasteiger partial charge in [0, 0.05) is 50.2 Å². The summed E-state index contributed by atoms with van der Waals surface area (Å²) in [7, 11) is 3.26. The lowest BCUT2D eigenvalue weighted by atomic mass is 9.71. The van der Waals surface area contributed by atoms with Crippen LogP contribution in [0, 0.1) is 24.6 Å². The van der Waals surface area contributed by atoms with E-state index in [0.29, 0.717) is 48.6 Å². The zero-order valence-corrected chi connectivity index (χ0v) is 23.0. The van der Waals surface area contributed by atoms with E-state index in [0.717, 1.165) is 50.5 Å². The molecule has 1 saturated carbocycles. The van der Waals surface area contributed by atoms with Gasteiger partial charge in [0.2, 0.25) is 5.91 Å². The molecule has 6 nitrogen and oxygen atoms in total. The quantitative estimate of drug-likeness (QED) is 0.417. The van der Waals surface area contributed by atoms with Crippen LogP contribution in [0.25, 0.3) is 11.1 Å². The minimum absolute atomic E-state index is 0.0389. The van der Waals surface area contributed by atoms with Gasteiger partial charge in [-0.25, -0.2) is 4.39 Å². The number of benzene rings is 2. The van der Waals surface area contributed by atoms with Crippen LogP contribution in [0.1, 0.15) is 62.5 Å². The molecule has 0 aromatic heterocycles. The van der Waals surface area contributed by atoms with Gasteiger partial charge in [-0.15, -0.1) is 0 Å². The molecule has 2 aromatic rings. The van der Waals surface area contributed by atoms with Gasteiger partial charge in [0.1, 0.15) is 11.6 Å². The van der Waals surface area contributed by atoms with Crippen molar-refractivity contribution in [2.75, 3.05) is 33.9 Å². The van der Waals surface area contributed by atoms with E-state index in [9.17, 15) is 9.90 Å². The number of ether oxygens (including phenoxy) is 2. The average Bonchev–Trinajstić information content (AvgIpc) is 3.36. The first-order valence-corrected chi connectivity index (χ1v) is 14.0. The number of piperidine rings is 1. The van der Waals surface area contributed by atoms with Crippen molar-refractivity contribution in [3.63, 3.8) is 0 Å². The highest BCUT2D eigenvalue weighted by atomic mass is 19.1. The van der Waals surface area contributed by atoms with Crippen LogP contribution in [0.5, 0.6) is 5.75 Å². The van der Waals surface area contributed by atoms with Gasteiger partial charge in [0.15, 0.2) is 0 Å². The van der Waals surface area contributed by atoms with Gasteiger partial charge >= 0.3 is 0 Å². The fourth-order valence-electron chi connectivity index (χ4n) is 6.45. The monoisotopic (exact) mass is 526 g/mol. The Hall–Kier alpha value is -2.48. The number of methoxy groups -OCH3 is 2. The Balaban J connectivity index is 1.72. The van der Waals surface area contributed by atoms with Crippen LogP contribution in [0.4, 0.5) is 4.39 Å². The molecule has 1 aliphatic carbocycles. The van der Waals surface area contributed by atoms with Gasteiger partial charge < -0.3 is 25.2 Å². The number of halogens is 1. The van der Waals surface area contributed by atoms with Gasteiger partial charge in [0.05, 0.1) is 12.7 Å². The summed E-state index contributed by atoms with van der Waals surface area (Å²) in [5.41, 5.74) is 7.38. The molecule has 1 unspecified atom stereocenters. The van der Waals surface area contributed by atoms with E-state index in [-0.39, 0.29) is 29.6 Å². The van der Waals surface area contributed by atoms with E-state index in [2.05, 4.69) is 0 Å². The number of carbonyl (C=O) groups is 1. The number of likely N-dealkylation sites (tertiary alicyclic amines) is 1. The van der Waals surface area contributed by atoms with Crippen LogP contribution >= 0.6 is 0 Å². The summed E-state index contributed by atoms with van der Waals surface area (Å²) in [5.74, 6) is 0.150. The summed E-state index contributed by atoms with van der Waals surface area (Å²) < 4.78 is 26.4. The number of aryl methyl sites for hydroxylation is 1. The molecule has 3 N–H and O–H groups in total. The first-order valence-electron chi connectivity index (χ1n) is 14.0. The molecule has 0 radical (unpaired) electrons. The molecule has 7 heteroatoms. The third-order valence-corrected chi connectivity index (χ3v) is 8.44. The third kappa shape index (κ3) is 6.22. The second-order valence-corrected chi connectivity index (χ2v) is 11.2. The smallest absolute Gasteiger partial charge is 0.225 e. The molecule has 0 bridgehead atoms. The fourth-order valence-corrected chi connectivity index (χ4v) is 6.45. The zero-order valence-electron chi connectivity index (χ0n) is 23.0. The number of amides is 1. The molecule has 2 aromatic carbocycles. The SMILES string of the molecule is COCCCCC(O)(c1cccc(F)c1-c1cc(C)cc(OC)c1)[C@@H]1CCCN(C(=O)[C@@H]2CC[C@H](N)C2)C1. The Morgan fingerprint density at radius 1 is 1.18 bits per heavy atom. The average molecular weight is 527 g/mol. The summed E-state index contributed by atoms with van der Waals surface area (Å²) in [5, 5.41) is 12.6. The van der Waals surface area contributed by atoms with Crippen LogP contribution in [-0.4, -0.2) is 55.9 Å². The molecule has 2 aliphatic rings. The predicted molar refractivity (Wildman–Crippen MR) is 147 cm³/mol. The molecule has 208 valence electrons. The lowest BCUT2D eigenvalue weighted by Crippen LogP contribution is -2.49. The molecule has 4 atom stereocenters. The second-order valence-electron chi connectivity index (χ2n) is 11.2. The summed E-state index contributed by atoms with van der Waals surface area (Å²) in [6, 6.07) is 10.7. The fraction of sp³-hybridized carbons (Fsp3) is 0.581. The highest BCUT2D eigenvalue weighted by molar-refractivity contribution is 5.79. The number of nitrogens with zero attached hydrogens (tertiary/aromatic N) is 1. The number of carbonyl (C=O) groups excluding carboxylic acids is 1. The normalized spacial score (nSPS) is 23.3. The Kier molecular flexibility index (Phi) is 9.45. The van der Waals surface area contributed by atoms with Crippen molar-refractivity contribution in [2.24, 2.45) is 17.6 Å². The highest BCUT2D eigenvalue weighted by Gasteiger charge is 2.44. The van der Waals surface area contributed by atoms with Gasteiger partial charge in [-0.3, -0.25) is 4.79 Å². The minimum Gasteiger partial charge on any atom is -0.497 e. The van der Waals surface area contributed by atoms with Gasteiger partial charge in [-0.1, -0.05) is 18.2 Å². The van der Waals surface area contributed by atoms with Crippen LogP contribution in [-0.2, 0) is 15.1 Å². The van der Waals surface area contributed by atoms with Crippen molar-refractivity contribution in [3.05, 3.63) is 53.3 Å². The molecule has 1 aliphatic heterocycles.